The largest absolute Gasteiger partial charge is 0.494 e. The smallest absolute Gasteiger partial charge is 0.137 e. The lowest BCUT2D eigenvalue weighted by Crippen LogP contribution is -2.02. The maximum Gasteiger partial charge on any atom is 0.137 e. The molecule has 0 bridgehead atoms. The maximum absolute atomic E-state index is 10.4. The van der Waals surface area contributed by atoms with Crippen LogP contribution in [0.5, 0.6) is 11.5 Å². The lowest BCUT2D eigenvalue weighted by Gasteiger charge is -2.13. The second-order valence-corrected chi connectivity index (χ2v) is 4.30. The van der Waals surface area contributed by atoms with Crippen molar-refractivity contribution >= 4 is 0 Å². The lowest BCUT2D eigenvalue weighted by atomic mass is 10.0. The maximum atomic E-state index is 10.4. The number of aromatic nitrogens is 1. The standard InChI is InChI=1S/C16H19NO3/c1-3-19-14-7-5-6-12(8-14)16(18)13-9-15(20-4-2)11-17-10-13/h5-11,16,18H,3-4H2,1-2H3. The Bertz CT molecular complexity index is 507. The Hall–Kier alpha value is -2.07. The average molecular weight is 273 g/mol. The van der Waals surface area contributed by atoms with E-state index in [2.05, 4.69) is 4.98 Å². The second kappa shape index (κ2) is 6.91. The molecule has 1 N–H and O–H groups in total. The summed E-state index contributed by atoms with van der Waals surface area (Å²) in [6.07, 6.45) is 2.53. The molecule has 0 spiro atoms. The monoisotopic (exact) mass is 273 g/mol. The van der Waals surface area contributed by atoms with Gasteiger partial charge in [-0.1, -0.05) is 12.1 Å². The van der Waals surface area contributed by atoms with Crippen molar-refractivity contribution in [3.63, 3.8) is 0 Å². The Morgan fingerprint density at radius 2 is 1.70 bits per heavy atom. The molecule has 1 atom stereocenters. The first-order valence-corrected chi connectivity index (χ1v) is 6.73. The van der Waals surface area contributed by atoms with E-state index in [4.69, 9.17) is 9.47 Å². The molecule has 0 saturated carbocycles. The molecule has 0 saturated heterocycles. The van der Waals surface area contributed by atoms with E-state index in [9.17, 15) is 5.11 Å². The minimum Gasteiger partial charge on any atom is -0.494 e. The molecule has 2 rings (SSSR count). The number of aliphatic hydroxyl groups excluding tert-OH is 1. The number of pyridine rings is 1. The first kappa shape index (κ1) is 14.3. The molecule has 1 aromatic heterocycles. The molecule has 0 aliphatic rings. The zero-order valence-corrected chi connectivity index (χ0v) is 11.7. The van der Waals surface area contributed by atoms with Crippen LogP contribution in [0.15, 0.2) is 42.7 Å². The van der Waals surface area contributed by atoms with Crippen molar-refractivity contribution in [2.75, 3.05) is 13.2 Å². The molecule has 106 valence electrons. The second-order valence-electron chi connectivity index (χ2n) is 4.30. The van der Waals surface area contributed by atoms with E-state index in [1.165, 1.54) is 0 Å². The molecule has 4 nitrogen and oxygen atoms in total. The summed E-state index contributed by atoms with van der Waals surface area (Å²) < 4.78 is 10.8. The summed E-state index contributed by atoms with van der Waals surface area (Å²) in [7, 11) is 0. The molecule has 0 fully saturated rings. The van der Waals surface area contributed by atoms with Crippen LogP contribution in [0.3, 0.4) is 0 Å². The van der Waals surface area contributed by atoms with Gasteiger partial charge in [-0.05, 0) is 37.6 Å². The summed E-state index contributed by atoms with van der Waals surface area (Å²) in [5, 5.41) is 10.4. The van der Waals surface area contributed by atoms with Crippen LogP contribution < -0.4 is 9.47 Å². The van der Waals surface area contributed by atoms with Gasteiger partial charge in [0.2, 0.25) is 0 Å². The van der Waals surface area contributed by atoms with Crippen molar-refractivity contribution in [3.8, 4) is 11.5 Å². The highest BCUT2D eigenvalue weighted by atomic mass is 16.5. The molecular formula is C16H19NO3. The normalized spacial score (nSPS) is 11.9. The Labute approximate surface area is 119 Å². The summed E-state index contributed by atoms with van der Waals surface area (Å²) in [6.45, 7) is 5.01. The topological polar surface area (TPSA) is 51.6 Å². The predicted octanol–water partition coefficient (Wildman–Crippen LogP) is 2.96. The molecular weight excluding hydrogens is 254 g/mol. The minimum absolute atomic E-state index is 0.570. The van der Waals surface area contributed by atoms with Crippen LogP contribution in [0, 0.1) is 0 Å². The van der Waals surface area contributed by atoms with Crippen LogP contribution >= 0.6 is 0 Å². The fourth-order valence-electron chi connectivity index (χ4n) is 1.96. The number of nitrogens with zero attached hydrogens (tertiary/aromatic N) is 1. The van der Waals surface area contributed by atoms with Gasteiger partial charge in [0, 0.05) is 11.8 Å². The first-order valence-electron chi connectivity index (χ1n) is 6.73. The van der Waals surface area contributed by atoms with Gasteiger partial charge in [0.25, 0.3) is 0 Å². The predicted molar refractivity (Wildman–Crippen MR) is 77.1 cm³/mol. The van der Waals surface area contributed by atoms with Crippen molar-refractivity contribution in [1.29, 1.82) is 0 Å². The molecule has 0 radical (unpaired) electrons. The highest BCUT2D eigenvalue weighted by Crippen LogP contribution is 2.26. The molecule has 1 unspecified atom stereocenters. The van der Waals surface area contributed by atoms with Crippen molar-refractivity contribution in [3.05, 3.63) is 53.9 Å². The van der Waals surface area contributed by atoms with Crippen LogP contribution in [-0.2, 0) is 0 Å². The molecule has 1 aromatic carbocycles. The summed E-state index contributed by atoms with van der Waals surface area (Å²) in [5.74, 6) is 1.41. The van der Waals surface area contributed by atoms with Crippen LogP contribution in [0.25, 0.3) is 0 Å². The molecule has 0 amide bonds. The van der Waals surface area contributed by atoms with Gasteiger partial charge in [-0.25, -0.2) is 0 Å². The molecule has 0 aliphatic carbocycles. The Morgan fingerprint density at radius 3 is 2.45 bits per heavy atom. The SMILES string of the molecule is CCOc1cccc(C(O)c2cncc(OCC)c2)c1. The Balaban J connectivity index is 2.23. The zero-order valence-electron chi connectivity index (χ0n) is 11.7. The van der Waals surface area contributed by atoms with E-state index >= 15 is 0 Å². The first-order chi connectivity index (χ1) is 9.74. The summed E-state index contributed by atoms with van der Waals surface area (Å²) in [4.78, 5) is 4.09. The fraction of sp³-hybridized carbons (Fsp3) is 0.312. The van der Waals surface area contributed by atoms with E-state index in [1.807, 2.05) is 38.1 Å². The van der Waals surface area contributed by atoms with Gasteiger partial charge in [0.15, 0.2) is 0 Å². The minimum atomic E-state index is -0.747. The Morgan fingerprint density at radius 1 is 1.00 bits per heavy atom. The van der Waals surface area contributed by atoms with Crippen molar-refractivity contribution < 1.29 is 14.6 Å². The van der Waals surface area contributed by atoms with Gasteiger partial charge in [-0.2, -0.15) is 0 Å². The van der Waals surface area contributed by atoms with E-state index in [0.717, 1.165) is 11.3 Å². The van der Waals surface area contributed by atoms with Gasteiger partial charge < -0.3 is 14.6 Å². The number of benzene rings is 1. The third-order valence-corrected chi connectivity index (χ3v) is 2.85. The number of ether oxygens (including phenoxy) is 2. The van der Waals surface area contributed by atoms with Gasteiger partial charge in [-0.15, -0.1) is 0 Å². The highest BCUT2D eigenvalue weighted by molar-refractivity contribution is 5.36. The number of rotatable bonds is 6. The molecule has 1 heterocycles. The quantitative estimate of drug-likeness (QED) is 0.879. The third-order valence-electron chi connectivity index (χ3n) is 2.85. The fourth-order valence-corrected chi connectivity index (χ4v) is 1.96. The van der Waals surface area contributed by atoms with Gasteiger partial charge in [0.1, 0.15) is 17.6 Å². The highest BCUT2D eigenvalue weighted by Gasteiger charge is 2.12. The van der Waals surface area contributed by atoms with Crippen molar-refractivity contribution in [1.82, 2.24) is 4.98 Å². The van der Waals surface area contributed by atoms with Crippen LogP contribution in [0.1, 0.15) is 31.1 Å². The van der Waals surface area contributed by atoms with Crippen molar-refractivity contribution in [2.24, 2.45) is 0 Å². The summed E-state index contributed by atoms with van der Waals surface area (Å²) >= 11 is 0. The summed E-state index contributed by atoms with van der Waals surface area (Å²) in [6, 6.07) is 9.23. The lowest BCUT2D eigenvalue weighted by molar-refractivity contribution is 0.218. The molecule has 2 aromatic rings. The van der Waals surface area contributed by atoms with Crippen LogP contribution in [-0.4, -0.2) is 23.3 Å². The van der Waals surface area contributed by atoms with Crippen LogP contribution in [0.2, 0.25) is 0 Å². The average Bonchev–Trinajstić information content (AvgIpc) is 2.48. The van der Waals surface area contributed by atoms with Gasteiger partial charge >= 0.3 is 0 Å². The summed E-state index contributed by atoms with van der Waals surface area (Å²) in [5.41, 5.74) is 1.47. The van der Waals surface area contributed by atoms with E-state index in [1.54, 1.807) is 18.5 Å². The molecule has 20 heavy (non-hydrogen) atoms. The molecule has 0 aliphatic heterocycles. The number of hydrogen-bond donors (Lipinski definition) is 1. The van der Waals surface area contributed by atoms with E-state index in [-0.39, 0.29) is 0 Å². The van der Waals surface area contributed by atoms with Gasteiger partial charge in [-0.3, -0.25) is 4.98 Å². The third kappa shape index (κ3) is 3.48. The zero-order chi connectivity index (χ0) is 14.4. The van der Waals surface area contributed by atoms with E-state index in [0.29, 0.717) is 24.5 Å². The number of aliphatic hydroxyl groups is 1. The molecule has 4 heteroatoms. The van der Waals surface area contributed by atoms with Gasteiger partial charge in [0.05, 0.1) is 19.4 Å². The van der Waals surface area contributed by atoms with E-state index < -0.39 is 6.10 Å². The Kier molecular flexibility index (Phi) is 4.96. The van der Waals surface area contributed by atoms with Crippen molar-refractivity contribution in [2.45, 2.75) is 20.0 Å². The number of hydrogen-bond acceptors (Lipinski definition) is 4. The van der Waals surface area contributed by atoms with Crippen LogP contribution in [0.4, 0.5) is 0 Å².